The van der Waals surface area contributed by atoms with Gasteiger partial charge in [0.25, 0.3) is 11.6 Å². The van der Waals surface area contributed by atoms with Crippen molar-refractivity contribution < 1.29 is 28.8 Å². The van der Waals surface area contributed by atoms with Gasteiger partial charge in [0.2, 0.25) is 0 Å². The molecule has 33 heavy (non-hydrogen) atoms. The minimum atomic E-state index is -1.29. The van der Waals surface area contributed by atoms with Gasteiger partial charge in [-0.2, -0.15) is 0 Å². The number of hydrogen-bond acceptors (Lipinski definition) is 7. The second-order valence-electron chi connectivity index (χ2n) is 7.28. The zero-order chi connectivity index (χ0) is 23.7. The second kappa shape index (κ2) is 8.46. The van der Waals surface area contributed by atoms with E-state index in [1.54, 1.807) is 24.3 Å². The molecule has 0 spiro atoms. The van der Waals surface area contributed by atoms with E-state index >= 15 is 0 Å². The first-order valence-corrected chi connectivity index (χ1v) is 9.85. The average molecular weight is 444 g/mol. The summed E-state index contributed by atoms with van der Waals surface area (Å²) in [7, 11) is 0. The third-order valence-corrected chi connectivity index (χ3v) is 5.17. The number of hydrogen-bond donors (Lipinski definition) is 1. The number of nitrogens with zero attached hydrogens (tertiary/aromatic N) is 1. The predicted molar refractivity (Wildman–Crippen MR) is 116 cm³/mol. The number of para-hydroxylation sites is 1. The van der Waals surface area contributed by atoms with E-state index in [0.717, 1.165) is 6.07 Å². The fraction of sp³-hybridized carbons (Fsp3) is 0.0833. The highest BCUT2D eigenvalue weighted by Crippen LogP contribution is 2.29. The Morgan fingerprint density at radius 2 is 1.45 bits per heavy atom. The number of benzene rings is 3. The highest BCUT2D eigenvalue weighted by atomic mass is 16.6. The van der Waals surface area contributed by atoms with Gasteiger partial charge in [-0.3, -0.25) is 24.5 Å². The summed E-state index contributed by atoms with van der Waals surface area (Å²) in [6.07, 6.45) is -1.29. The number of nitro benzene ring substituents is 1. The molecule has 0 radical (unpaired) electrons. The van der Waals surface area contributed by atoms with Crippen LogP contribution in [0.1, 0.15) is 49.1 Å². The van der Waals surface area contributed by atoms with Gasteiger partial charge in [-0.25, -0.2) is 4.79 Å². The van der Waals surface area contributed by atoms with E-state index in [1.165, 1.54) is 43.3 Å². The van der Waals surface area contributed by atoms with Gasteiger partial charge in [-0.1, -0.05) is 36.4 Å². The molecule has 9 nitrogen and oxygen atoms in total. The molecule has 4 rings (SSSR count). The van der Waals surface area contributed by atoms with E-state index in [1.807, 2.05) is 0 Å². The molecule has 1 N–H and O–H groups in total. The standard InChI is InChI=1S/C24H16N2O7/c1-13(33-24(30)18-8-4-5-9-20(18)26(31)32)23(29)25-14-10-11-17-19(12-14)22(28)16-7-3-2-6-15(16)21(17)27/h2-13H,1H3,(H,25,29). The fourth-order valence-corrected chi connectivity index (χ4v) is 3.50. The summed E-state index contributed by atoms with van der Waals surface area (Å²) in [6, 6.07) is 16.0. The Morgan fingerprint density at radius 1 is 0.879 bits per heavy atom. The molecule has 0 aliphatic heterocycles. The van der Waals surface area contributed by atoms with Gasteiger partial charge in [0, 0.05) is 34.0 Å². The van der Waals surface area contributed by atoms with Crippen molar-refractivity contribution in [1.82, 2.24) is 0 Å². The predicted octanol–water partition coefficient (Wildman–Crippen LogP) is 3.55. The summed E-state index contributed by atoms with van der Waals surface area (Å²) in [5, 5.41) is 13.6. The first kappa shape index (κ1) is 21.6. The number of ketones is 2. The number of amides is 1. The Labute approximate surface area is 187 Å². The molecular weight excluding hydrogens is 428 g/mol. The van der Waals surface area contributed by atoms with Gasteiger partial charge in [0.1, 0.15) is 5.56 Å². The topological polar surface area (TPSA) is 133 Å². The number of carbonyl (C=O) groups is 4. The number of fused-ring (bicyclic) bond motifs is 2. The van der Waals surface area contributed by atoms with Gasteiger partial charge < -0.3 is 10.1 Å². The summed E-state index contributed by atoms with van der Waals surface area (Å²) in [5.74, 6) is -2.36. The number of esters is 1. The van der Waals surface area contributed by atoms with Gasteiger partial charge in [-0.15, -0.1) is 0 Å². The van der Waals surface area contributed by atoms with Crippen LogP contribution in [0.5, 0.6) is 0 Å². The van der Waals surface area contributed by atoms with Crippen LogP contribution in [-0.4, -0.2) is 34.5 Å². The van der Waals surface area contributed by atoms with E-state index in [2.05, 4.69) is 5.32 Å². The molecule has 0 heterocycles. The van der Waals surface area contributed by atoms with Crippen LogP contribution in [0.25, 0.3) is 0 Å². The quantitative estimate of drug-likeness (QED) is 0.283. The third-order valence-electron chi connectivity index (χ3n) is 5.17. The molecule has 9 heteroatoms. The molecule has 1 unspecified atom stereocenters. The lowest BCUT2D eigenvalue weighted by molar-refractivity contribution is -0.385. The van der Waals surface area contributed by atoms with Crippen LogP contribution in [0.3, 0.4) is 0 Å². The summed E-state index contributed by atoms with van der Waals surface area (Å²) in [4.78, 5) is 60.8. The van der Waals surface area contributed by atoms with Crippen LogP contribution >= 0.6 is 0 Å². The molecule has 0 bridgehead atoms. The Bertz CT molecular complexity index is 1350. The molecule has 1 atom stereocenters. The molecule has 0 aromatic heterocycles. The SMILES string of the molecule is CC(OC(=O)c1ccccc1[N+](=O)[O-])C(=O)Nc1ccc2c(c1)C(=O)c1ccccc1C2=O. The molecule has 1 amide bonds. The van der Waals surface area contributed by atoms with Crippen molar-refractivity contribution in [3.05, 3.63) is 105 Å². The minimum Gasteiger partial charge on any atom is -0.449 e. The van der Waals surface area contributed by atoms with Gasteiger partial charge >= 0.3 is 5.97 Å². The molecule has 3 aromatic carbocycles. The fourth-order valence-electron chi connectivity index (χ4n) is 3.50. The van der Waals surface area contributed by atoms with Crippen molar-refractivity contribution in [2.24, 2.45) is 0 Å². The number of nitro groups is 1. The van der Waals surface area contributed by atoms with Crippen LogP contribution in [0.4, 0.5) is 11.4 Å². The van der Waals surface area contributed by atoms with Crippen molar-refractivity contribution >= 4 is 34.8 Å². The highest BCUT2D eigenvalue weighted by Gasteiger charge is 2.30. The summed E-state index contributed by atoms with van der Waals surface area (Å²) in [5.41, 5.74) is 0.501. The number of anilines is 1. The summed E-state index contributed by atoms with van der Waals surface area (Å²) in [6.45, 7) is 1.31. The zero-order valence-corrected chi connectivity index (χ0v) is 17.2. The Hall–Kier alpha value is -4.66. The van der Waals surface area contributed by atoms with E-state index < -0.39 is 28.6 Å². The van der Waals surface area contributed by atoms with E-state index in [4.69, 9.17) is 4.74 Å². The van der Waals surface area contributed by atoms with E-state index in [-0.39, 0.29) is 39.5 Å². The number of carbonyl (C=O) groups excluding carboxylic acids is 4. The average Bonchev–Trinajstić information content (AvgIpc) is 2.82. The molecule has 1 aliphatic carbocycles. The van der Waals surface area contributed by atoms with Gasteiger partial charge in [-0.05, 0) is 31.2 Å². The van der Waals surface area contributed by atoms with E-state index in [9.17, 15) is 29.3 Å². The maximum absolute atomic E-state index is 12.8. The molecule has 0 saturated heterocycles. The number of rotatable bonds is 5. The van der Waals surface area contributed by atoms with Crippen LogP contribution < -0.4 is 5.32 Å². The molecule has 0 saturated carbocycles. The lowest BCUT2D eigenvalue weighted by Gasteiger charge is -2.19. The summed E-state index contributed by atoms with van der Waals surface area (Å²) >= 11 is 0. The van der Waals surface area contributed by atoms with Crippen LogP contribution in [0.2, 0.25) is 0 Å². The largest absolute Gasteiger partial charge is 0.449 e. The Morgan fingerprint density at radius 3 is 2.12 bits per heavy atom. The number of ether oxygens (including phenoxy) is 1. The number of nitrogens with one attached hydrogen (secondary N) is 1. The second-order valence-corrected chi connectivity index (χ2v) is 7.28. The van der Waals surface area contributed by atoms with Gasteiger partial charge in [0.05, 0.1) is 4.92 Å². The zero-order valence-electron chi connectivity index (χ0n) is 17.2. The first-order valence-electron chi connectivity index (χ1n) is 9.85. The van der Waals surface area contributed by atoms with Crippen molar-refractivity contribution in [3.8, 4) is 0 Å². The monoisotopic (exact) mass is 444 g/mol. The first-order chi connectivity index (χ1) is 15.8. The highest BCUT2D eigenvalue weighted by molar-refractivity contribution is 6.28. The maximum Gasteiger partial charge on any atom is 0.345 e. The Balaban J connectivity index is 1.50. The van der Waals surface area contributed by atoms with Crippen LogP contribution in [-0.2, 0) is 9.53 Å². The van der Waals surface area contributed by atoms with Crippen molar-refractivity contribution in [3.63, 3.8) is 0 Å². The Kier molecular flexibility index (Phi) is 5.53. The normalized spacial score (nSPS) is 12.9. The van der Waals surface area contributed by atoms with Gasteiger partial charge in [0.15, 0.2) is 17.7 Å². The third kappa shape index (κ3) is 3.99. The van der Waals surface area contributed by atoms with Crippen molar-refractivity contribution in [1.29, 1.82) is 0 Å². The lowest BCUT2D eigenvalue weighted by atomic mass is 9.84. The molecular formula is C24H16N2O7. The van der Waals surface area contributed by atoms with Crippen LogP contribution in [0, 0.1) is 10.1 Å². The molecule has 0 fully saturated rings. The lowest BCUT2D eigenvalue weighted by Crippen LogP contribution is -2.30. The minimum absolute atomic E-state index is 0.154. The van der Waals surface area contributed by atoms with Crippen molar-refractivity contribution in [2.45, 2.75) is 13.0 Å². The maximum atomic E-state index is 12.8. The van der Waals surface area contributed by atoms with Crippen LogP contribution in [0.15, 0.2) is 66.7 Å². The molecule has 1 aliphatic rings. The molecule has 164 valence electrons. The van der Waals surface area contributed by atoms with Crippen molar-refractivity contribution in [2.75, 3.05) is 5.32 Å². The smallest absolute Gasteiger partial charge is 0.345 e. The molecule has 3 aromatic rings. The summed E-state index contributed by atoms with van der Waals surface area (Å²) < 4.78 is 5.08. The van der Waals surface area contributed by atoms with E-state index in [0.29, 0.717) is 5.56 Å².